The van der Waals surface area contributed by atoms with Gasteiger partial charge in [-0.1, -0.05) is 176 Å². The van der Waals surface area contributed by atoms with Crippen molar-refractivity contribution in [3.63, 3.8) is 0 Å². The van der Waals surface area contributed by atoms with E-state index in [1.165, 1.54) is 49.4 Å². The molecule has 0 fully saturated rings. The maximum absolute atomic E-state index is 5.24. The van der Waals surface area contributed by atoms with E-state index in [9.17, 15) is 0 Å². The van der Waals surface area contributed by atoms with Crippen molar-refractivity contribution < 1.29 is 0 Å². The third-order valence-corrected chi connectivity index (χ3v) is 12.2. The van der Waals surface area contributed by atoms with Crippen molar-refractivity contribution in [2.75, 3.05) is 0 Å². The Kier molecular flexibility index (Phi) is 6.97. The normalized spacial score (nSPS) is 13.3. The van der Waals surface area contributed by atoms with E-state index < -0.39 is 5.41 Å². The highest BCUT2D eigenvalue weighted by Gasteiger charge is 2.51. The molecule has 1 aliphatic carbocycles. The lowest BCUT2D eigenvalue weighted by Crippen LogP contribution is -2.32. The minimum absolute atomic E-state index is 0.574. The summed E-state index contributed by atoms with van der Waals surface area (Å²) in [5.74, 6) is 1.94. The summed E-state index contributed by atoms with van der Waals surface area (Å²) in [6.45, 7) is 0. The largest absolute Gasteiger partial charge is 0.256 e. The maximum Gasteiger partial charge on any atom is 0.165 e. The van der Waals surface area contributed by atoms with Gasteiger partial charge in [-0.3, -0.25) is 4.98 Å². The standard InChI is InChI=1S/C49H30N4S/c1-3-15-31(16-4-1)46-51-47(32-17-5-2-6-18-32)53-48(52-46)38-23-12-28-42-45(38)54-44-37(33-21-13-29-43-36(33)24-14-30-50-43)22-11-27-41(44)49(42)39-25-9-7-19-34(39)35-20-8-10-26-40(35)49/h1-30H. The fourth-order valence-electron chi connectivity index (χ4n) is 8.60. The molecule has 0 saturated carbocycles. The summed E-state index contributed by atoms with van der Waals surface area (Å²) >= 11 is 1.83. The van der Waals surface area contributed by atoms with E-state index in [2.05, 4.69) is 133 Å². The molecule has 7 aromatic carbocycles. The Morgan fingerprint density at radius 2 is 0.833 bits per heavy atom. The summed E-state index contributed by atoms with van der Waals surface area (Å²) in [4.78, 5) is 22.6. The summed E-state index contributed by atoms with van der Waals surface area (Å²) in [5, 5.41) is 1.13. The molecule has 252 valence electrons. The number of hydrogen-bond donors (Lipinski definition) is 0. The van der Waals surface area contributed by atoms with E-state index in [1.807, 2.05) is 60.4 Å². The third-order valence-electron chi connectivity index (χ3n) is 10.9. The number of nitrogens with zero attached hydrogens (tertiary/aromatic N) is 4. The van der Waals surface area contributed by atoms with E-state index in [0.717, 1.165) is 32.5 Å². The number of hydrogen-bond acceptors (Lipinski definition) is 5. The van der Waals surface area contributed by atoms with Crippen LogP contribution in [0.1, 0.15) is 22.3 Å². The molecule has 0 amide bonds. The number of aromatic nitrogens is 4. The van der Waals surface area contributed by atoms with Gasteiger partial charge in [0.15, 0.2) is 17.5 Å². The lowest BCUT2D eigenvalue weighted by molar-refractivity contribution is 0.723. The number of fused-ring (bicyclic) bond motifs is 10. The minimum Gasteiger partial charge on any atom is -0.256 e. The first kappa shape index (κ1) is 30.9. The first-order valence-corrected chi connectivity index (χ1v) is 19.0. The molecule has 54 heavy (non-hydrogen) atoms. The van der Waals surface area contributed by atoms with Crippen LogP contribution in [-0.2, 0) is 5.41 Å². The molecule has 0 unspecified atom stereocenters. The molecular formula is C49H30N4S. The van der Waals surface area contributed by atoms with Gasteiger partial charge in [0.05, 0.1) is 10.9 Å². The quantitative estimate of drug-likeness (QED) is 0.182. The van der Waals surface area contributed by atoms with Gasteiger partial charge in [-0.2, -0.15) is 0 Å². The van der Waals surface area contributed by atoms with Crippen LogP contribution < -0.4 is 0 Å². The minimum atomic E-state index is -0.574. The van der Waals surface area contributed by atoms with Crippen LogP contribution in [0.3, 0.4) is 0 Å². The van der Waals surface area contributed by atoms with Crippen LogP contribution in [0.25, 0.3) is 67.3 Å². The Hall–Kier alpha value is -6.69. The van der Waals surface area contributed by atoms with Crippen molar-refractivity contribution in [3.8, 4) is 56.4 Å². The fourth-order valence-corrected chi connectivity index (χ4v) is 10.0. The van der Waals surface area contributed by atoms with Gasteiger partial charge in [0.1, 0.15) is 0 Å². The van der Waals surface area contributed by atoms with Crippen molar-refractivity contribution in [2.45, 2.75) is 15.2 Å². The molecule has 1 aliphatic heterocycles. The molecule has 0 radical (unpaired) electrons. The molecule has 0 bridgehead atoms. The van der Waals surface area contributed by atoms with Crippen molar-refractivity contribution in [2.24, 2.45) is 0 Å². The Bertz CT molecular complexity index is 2810. The summed E-state index contributed by atoms with van der Waals surface area (Å²) in [7, 11) is 0. The maximum atomic E-state index is 5.24. The number of benzene rings is 7. The van der Waals surface area contributed by atoms with Gasteiger partial charge in [-0.15, -0.1) is 0 Å². The lowest BCUT2D eigenvalue weighted by Gasteiger charge is -2.41. The summed E-state index contributed by atoms with van der Waals surface area (Å²) in [5.41, 5.74) is 13.2. The van der Waals surface area contributed by atoms with Gasteiger partial charge in [0.25, 0.3) is 0 Å². The molecule has 2 aliphatic rings. The summed E-state index contributed by atoms with van der Waals surface area (Å²) in [6, 6.07) is 62.5. The Morgan fingerprint density at radius 1 is 0.352 bits per heavy atom. The van der Waals surface area contributed by atoms with Crippen molar-refractivity contribution in [3.05, 3.63) is 204 Å². The van der Waals surface area contributed by atoms with E-state index in [-0.39, 0.29) is 0 Å². The molecule has 5 heteroatoms. The molecule has 4 nitrogen and oxygen atoms in total. The Balaban J connectivity index is 1.24. The van der Waals surface area contributed by atoms with Crippen LogP contribution in [0.2, 0.25) is 0 Å². The topological polar surface area (TPSA) is 51.6 Å². The van der Waals surface area contributed by atoms with E-state index in [1.54, 1.807) is 0 Å². The van der Waals surface area contributed by atoms with Gasteiger partial charge in [0, 0.05) is 38.1 Å². The van der Waals surface area contributed by atoms with Crippen LogP contribution in [0.15, 0.2) is 192 Å². The second-order valence-corrected chi connectivity index (χ2v) is 14.7. The summed E-state index contributed by atoms with van der Waals surface area (Å²) in [6.07, 6.45) is 1.87. The second kappa shape index (κ2) is 12.2. The third kappa shape index (κ3) is 4.52. The van der Waals surface area contributed by atoms with Gasteiger partial charge < -0.3 is 0 Å². The zero-order valence-corrected chi connectivity index (χ0v) is 29.8. The van der Waals surface area contributed by atoms with Crippen LogP contribution >= 0.6 is 11.8 Å². The predicted octanol–water partition coefficient (Wildman–Crippen LogP) is 11.9. The average molecular weight is 707 g/mol. The molecule has 1 spiro atoms. The first-order chi connectivity index (χ1) is 26.8. The highest BCUT2D eigenvalue weighted by molar-refractivity contribution is 7.99. The Labute approximate surface area is 317 Å². The van der Waals surface area contributed by atoms with Crippen molar-refractivity contribution in [1.29, 1.82) is 0 Å². The highest BCUT2D eigenvalue weighted by Crippen LogP contribution is 2.64. The number of rotatable bonds is 4. The van der Waals surface area contributed by atoms with E-state index in [4.69, 9.17) is 19.9 Å². The molecular weight excluding hydrogens is 677 g/mol. The highest BCUT2D eigenvalue weighted by atomic mass is 32.2. The predicted molar refractivity (Wildman–Crippen MR) is 218 cm³/mol. The van der Waals surface area contributed by atoms with Gasteiger partial charge in [-0.05, 0) is 56.6 Å². The molecule has 3 heterocycles. The molecule has 0 atom stereocenters. The second-order valence-electron chi connectivity index (χ2n) is 13.7. The van der Waals surface area contributed by atoms with Crippen LogP contribution in [0.4, 0.5) is 0 Å². The molecule has 0 saturated heterocycles. The van der Waals surface area contributed by atoms with Gasteiger partial charge in [0.2, 0.25) is 0 Å². The lowest BCUT2D eigenvalue weighted by atomic mass is 9.66. The average Bonchev–Trinajstić information content (AvgIpc) is 3.54. The molecule has 2 aromatic heterocycles. The van der Waals surface area contributed by atoms with Gasteiger partial charge >= 0.3 is 0 Å². The number of pyridine rings is 1. The zero-order valence-electron chi connectivity index (χ0n) is 29.0. The van der Waals surface area contributed by atoms with E-state index in [0.29, 0.717) is 17.5 Å². The Morgan fingerprint density at radius 3 is 1.48 bits per heavy atom. The first-order valence-electron chi connectivity index (χ1n) is 18.1. The van der Waals surface area contributed by atoms with E-state index >= 15 is 0 Å². The van der Waals surface area contributed by atoms with Crippen LogP contribution in [0.5, 0.6) is 0 Å². The smallest absolute Gasteiger partial charge is 0.165 e. The molecule has 0 N–H and O–H groups in total. The van der Waals surface area contributed by atoms with Crippen LogP contribution in [0, 0.1) is 0 Å². The fraction of sp³-hybridized carbons (Fsp3) is 0.0204. The van der Waals surface area contributed by atoms with Crippen molar-refractivity contribution >= 4 is 22.7 Å². The summed E-state index contributed by atoms with van der Waals surface area (Å²) < 4.78 is 0. The van der Waals surface area contributed by atoms with Crippen LogP contribution in [-0.4, -0.2) is 19.9 Å². The molecule has 9 aromatic rings. The monoisotopic (exact) mass is 706 g/mol. The molecule has 11 rings (SSSR count). The SMILES string of the molecule is c1ccc(-c2nc(-c3ccccc3)nc(-c3cccc4c3Sc3c(-c5cccc6ncccc56)cccc3C43c4ccccc4-c4ccccc43)n2)cc1. The van der Waals surface area contributed by atoms with Gasteiger partial charge in [-0.25, -0.2) is 15.0 Å². The zero-order chi connectivity index (χ0) is 35.6. The van der Waals surface area contributed by atoms with Crippen molar-refractivity contribution in [1.82, 2.24) is 19.9 Å².